The molecule has 0 spiro atoms. The molecule has 0 aromatic heterocycles. The number of nitrogens with zero attached hydrogens (tertiary/aromatic N) is 1. The Hall–Kier alpha value is -2.04. The second-order valence-corrected chi connectivity index (χ2v) is 4.59. The van der Waals surface area contributed by atoms with Crippen molar-refractivity contribution in [2.45, 2.75) is 19.8 Å². The second-order valence-electron chi connectivity index (χ2n) is 4.59. The molecule has 1 amide bonds. The second kappa shape index (κ2) is 8.19. The zero-order valence-corrected chi connectivity index (χ0v) is 12.2. The fraction of sp³-hybridized carbons (Fsp3) is 0.467. The third kappa shape index (κ3) is 5.73. The molecule has 0 radical (unpaired) electrons. The lowest BCUT2D eigenvalue weighted by Crippen LogP contribution is -2.32. The average molecular weight is 279 g/mol. The quantitative estimate of drug-likeness (QED) is 0.564. The molecule has 0 bridgehead atoms. The summed E-state index contributed by atoms with van der Waals surface area (Å²) in [5, 5.41) is 0. The maximum atomic E-state index is 11.7. The normalized spacial score (nSPS) is 9.95. The molecule has 0 aliphatic carbocycles. The summed E-state index contributed by atoms with van der Waals surface area (Å²) in [4.78, 5) is 24.1. The van der Waals surface area contributed by atoms with Gasteiger partial charge >= 0.3 is 5.97 Å². The zero-order chi connectivity index (χ0) is 15.0. The molecule has 5 nitrogen and oxygen atoms in total. The van der Waals surface area contributed by atoms with E-state index >= 15 is 0 Å². The van der Waals surface area contributed by atoms with E-state index in [0.717, 1.165) is 11.3 Å². The number of amides is 1. The van der Waals surface area contributed by atoms with Crippen LogP contribution in [0.4, 0.5) is 0 Å². The standard InChI is InChI=1S/C15H21NO4/c1-12-6-4-7-13(10-12)20-9-5-8-14(17)16(2)11-15(18)19-3/h4,6-7,10H,5,8-9,11H2,1-3H3. The topological polar surface area (TPSA) is 55.8 Å². The van der Waals surface area contributed by atoms with Crippen LogP contribution >= 0.6 is 0 Å². The van der Waals surface area contributed by atoms with Crippen molar-refractivity contribution in [3.8, 4) is 5.75 Å². The first-order valence-electron chi connectivity index (χ1n) is 6.53. The van der Waals surface area contributed by atoms with Crippen LogP contribution in [0.2, 0.25) is 0 Å². The van der Waals surface area contributed by atoms with Gasteiger partial charge in [0.2, 0.25) is 5.91 Å². The zero-order valence-electron chi connectivity index (χ0n) is 12.2. The van der Waals surface area contributed by atoms with Gasteiger partial charge in [0.1, 0.15) is 12.3 Å². The van der Waals surface area contributed by atoms with Gasteiger partial charge in [0, 0.05) is 13.5 Å². The summed E-state index contributed by atoms with van der Waals surface area (Å²) in [5.74, 6) is 0.292. The maximum Gasteiger partial charge on any atom is 0.325 e. The molecule has 0 saturated heterocycles. The van der Waals surface area contributed by atoms with Gasteiger partial charge in [0.05, 0.1) is 13.7 Å². The Morgan fingerprint density at radius 2 is 2.05 bits per heavy atom. The van der Waals surface area contributed by atoms with Gasteiger partial charge in [-0.05, 0) is 31.0 Å². The molecule has 1 aromatic rings. The van der Waals surface area contributed by atoms with Crippen molar-refractivity contribution < 1.29 is 19.1 Å². The van der Waals surface area contributed by atoms with Crippen molar-refractivity contribution >= 4 is 11.9 Å². The summed E-state index contributed by atoms with van der Waals surface area (Å²) >= 11 is 0. The smallest absolute Gasteiger partial charge is 0.325 e. The number of rotatable bonds is 7. The van der Waals surface area contributed by atoms with Gasteiger partial charge in [-0.25, -0.2) is 0 Å². The molecule has 0 unspecified atom stereocenters. The van der Waals surface area contributed by atoms with Crippen molar-refractivity contribution in [3.63, 3.8) is 0 Å². The predicted octanol–water partition coefficient (Wildman–Crippen LogP) is 1.79. The van der Waals surface area contributed by atoms with E-state index in [2.05, 4.69) is 4.74 Å². The van der Waals surface area contributed by atoms with Crippen molar-refractivity contribution in [2.75, 3.05) is 27.3 Å². The molecule has 0 aliphatic rings. The third-order valence-electron chi connectivity index (χ3n) is 2.81. The van der Waals surface area contributed by atoms with E-state index in [9.17, 15) is 9.59 Å². The first kappa shape index (κ1) is 16.0. The molecular weight excluding hydrogens is 258 g/mol. The number of likely N-dealkylation sites (N-methyl/N-ethyl adjacent to an activating group) is 1. The first-order chi connectivity index (χ1) is 9.52. The van der Waals surface area contributed by atoms with E-state index in [1.807, 2.05) is 31.2 Å². The highest BCUT2D eigenvalue weighted by Gasteiger charge is 2.12. The number of esters is 1. The molecule has 0 aliphatic heterocycles. The van der Waals surface area contributed by atoms with Gasteiger partial charge in [0.25, 0.3) is 0 Å². The van der Waals surface area contributed by atoms with Crippen LogP contribution in [0.15, 0.2) is 24.3 Å². The molecule has 0 N–H and O–H groups in total. The third-order valence-corrected chi connectivity index (χ3v) is 2.81. The number of carbonyl (C=O) groups is 2. The van der Waals surface area contributed by atoms with Gasteiger partial charge in [-0.3, -0.25) is 9.59 Å². The highest BCUT2D eigenvalue weighted by Crippen LogP contribution is 2.12. The number of hydrogen-bond donors (Lipinski definition) is 0. The molecule has 1 aromatic carbocycles. The minimum absolute atomic E-state index is 0.0198. The molecule has 0 saturated carbocycles. The molecule has 1 rings (SSSR count). The molecule has 0 heterocycles. The molecule has 20 heavy (non-hydrogen) atoms. The minimum atomic E-state index is -0.420. The number of benzene rings is 1. The summed E-state index contributed by atoms with van der Waals surface area (Å²) in [6.07, 6.45) is 0.956. The Morgan fingerprint density at radius 3 is 2.70 bits per heavy atom. The lowest BCUT2D eigenvalue weighted by atomic mass is 10.2. The average Bonchev–Trinajstić information content (AvgIpc) is 2.43. The Bertz CT molecular complexity index is 459. The fourth-order valence-corrected chi connectivity index (χ4v) is 1.66. The number of carbonyl (C=O) groups excluding carboxylic acids is 2. The molecule has 110 valence electrons. The molecule has 5 heteroatoms. The van der Waals surface area contributed by atoms with Crippen LogP contribution in [0.5, 0.6) is 5.75 Å². The van der Waals surface area contributed by atoms with Crippen molar-refractivity contribution in [3.05, 3.63) is 29.8 Å². The molecular formula is C15H21NO4. The van der Waals surface area contributed by atoms with Gasteiger partial charge in [-0.1, -0.05) is 12.1 Å². The number of hydrogen-bond acceptors (Lipinski definition) is 4. The Kier molecular flexibility index (Phi) is 6.56. The summed E-state index contributed by atoms with van der Waals surface area (Å²) in [7, 11) is 2.89. The van der Waals surface area contributed by atoms with Crippen LogP contribution in [0.25, 0.3) is 0 Å². The van der Waals surface area contributed by atoms with Crippen molar-refractivity contribution in [2.24, 2.45) is 0 Å². The number of aryl methyl sites for hydroxylation is 1. The summed E-state index contributed by atoms with van der Waals surface area (Å²) in [6, 6.07) is 7.77. The van der Waals surface area contributed by atoms with E-state index in [-0.39, 0.29) is 12.5 Å². The van der Waals surface area contributed by atoms with Gasteiger partial charge in [-0.15, -0.1) is 0 Å². The monoisotopic (exact) mass is 279 g/mol. The van der Waals surface area contributed by atoms with Crippen LogP contribution in [0, 0.1) is 6.92 Å². The van der Waals surface area contributed by atoms with Crippen molar-refractivity contribution in [1.29, 1.82) is 0 Å². The van der Waals surface area contributed by atoms with Gasteiger partial charge in [0.15, 0.2) is 0 Å². The highest BCUT2D eigenvalue weighted by atomic mass is 16.5. The fourth-order valence-electron chi connectivity index (χ4n) is 1.66. The van der Waals surface area contributed by atoms with E-state index in [1.165, 1.54) is 12.0 Å². The Balaban J connectivity index is 2.23. The summed E-state index contributed by atoms with van der Waals surface area (Å²) in [5.41, 5.74) is 1.14. The predicted molar refractivity (Wildman–Crippen MR) is 75.6 cm³/mol. The lowest BCUT2D eigenvalue weighted by molar-refractivity contribution is -0.146. The molecule has 0 atom stereocenters. The highest BCUT2D eigenvalue weighted by molar-refractivity contribution is 5.81. The van der Waals surface area contributed by atoms with E-state index in [1.54, 1.807) is 7.05 Å². The minimum Gasteiger partial charge on any atom is -0.494 e. The largest absolute Gasteiger partial charge is 0.494 e. The molecule has 0 fully saturated rings. The van der Waals surface area contributed by atoms with E-state index in [0.29, 0.717) is 19.4 Å². The lowest BCUT2D eigenvalue weighted by Gasteiger charge is -2.15. The van der Waals surface area contributed by atoms with Crippen LogP contribution in [0.1, 0.15) is 18.4 Å². The number of methoxy groups -OCH3 is 1. The van der Waals surface area contributed by atoms with Crippen molar-refractivity contribution in [1.82, 2.24) is 4.90 Å². The Labute approximate surface area is 119 Å². The first-order valence-corrected chi connectivity index (χ1v) is 6.53. The van der Waals surface area contributed by atoms with Crippen LogP contribution < -0.4 is 4.74 Å². The van der Waals surface area contributed by atoms with Gasteiger partial charge < -0.3 is 14.4 Å². The van der Waals surface area contributed by atoms with E-state index in [4.69, 9.17) is 4.74 Å². The summed E-state index contributed by atoms with van der Waals surface area (Å²) in [6.45, 7) is 2.45. The van der Waals surface area contributed by atoms with Crippen LogP contribution in [0.3, 0.4) is 0 Å². The SMILES string of the molecule is COC(=O)CN(C)C(=O)CCCOc1cccc(C)c1. The maximum absolute atomic E-state index is 11.7. The van der Waals surface area contributed by atoms with Crippen LogP contribution in [-0.2, 0) is 14.3 Å². The van der Waals surface area contributed by atoms with Gasteiger partial charge in [-0.2, -0.15) is 0 Å². The van der Waals surface area contributed by atoms with Crippen LogP contribution in [-0.4, -0.2) is 44.1 Å². The van der Waals surface area contributed by atoms with E-state index < -0.39 is 5.97 Å². The number of ether oxygens (including phenoxy) is 2. The Morgan fingerprint density at radius 1 is 1.30 bits per heavy atom. The summed E-state index contributed by atoms with van der Waals surface area (Å²) < 4.78 is 10.1.